The zero-order chi connectivity index (χ0) is 7.56. The van der Waals surface area contributed by atoms with Gasteiger partial charge in [-0.05, 0) is 12.1 Å². The summed E-state index contributed by atoms with van der Waals surface area (Å²) in [6.45, 7) is 0. The van der Waals surface area contributed by atoms with Crippen molar-refractivity contribution in [2.75, 3.05) is 12.8 Å². The maximum atomic E-state index is 5.54. The van der Waals surface area contributed by atoms with Crippen molar-refractivity contribution < 1.29 is 24.2 Å². The van der Waals surface area contributed by atoms with E-state index in [-0.39, 0.29) is 19.5 Å². The summed E-state index contributed by atoms with van der Waals surface area (Å²) < 4.78 is 4.94. The summed E-state index contributed by atoms with van der Waals surface area (Å²) in [4.78, 5) is 0.779. The van der Waals surface area contributed by atoms with Crippen molar-refractivity contribution in [1.82, 2.24) is 0 Å². The number of hydrogen-bond acceptors (Lipinski definition) is 3. The minimum atomic E-state index is 0. The molecule has 0 fully saturated rings. The first-order valence-electron chi connectivity index (χ1n) is 2.86. The molecule has 0 amide bonds. The predicted molar refractivity (Wildman–Crippen MR) is 44.7 cm³/mol. The van der Waals surface area contributed by atoms with Crippen molar-refractivity contribution in [3.05, 3.63) is 18.2 Å². The second-order valence-corrected chi connectivity index (χ2v) is 2.41. The molecule has 54 valence electrons. The monoisotopic (exact) mass is 219 g/mol. The van der Waals surface area contributed by atoms with E-state index < -0.39 is 0 Å². The van der Waals surface area contributed by atoms with Crippen LogP contribution < -0.4 is 10.5 Å². The van der Waals surface area contributed by atoms with Gasteiger partial charge in [-0.15, -0.1) is 12.6 Å². The SMILES string of the molecule is COc1ccc(S)c(N)c1.[Zn+2]. The number of benzene rings is 1. The Morgan fingerprint density at radius 2 is 2.09 bits per heavy atom. The van der Waals surface area contributed by atoms with Crippen LogP contribution in [0.4, 0.5) is 5.69 Å². The fourth-order valence-corrected chi connectivity index (χ4v) is 0.799. The molecule has 0 unspecified atom stereocenters. The van der Waals surface area contributed by atoms with E-state index in [1.807, 2.05) is 6.07 Å². The third-order valence-electron chi connectivity index (χ3n) is 1.23. The van der Waals surface area contributed by atoms with Crippen LogP contribution in [0.25, 0.3) is 0 Å². The van der Waals surface area contributed by atoms with Gasteiger partial charge in [0.25, 0.3) is 0 Å². The van der Waals surface area contributed by atoms with Crippen LogP contribution in [-0.2, 0) is 19.5 Å². The average molecular weight is 221 g/mol. The van der Waals surface area contributed by atoms with Gasteiger partial charge in [0.2, 0.25) is 0 Å². The number of ether oxygens (including phenoxy) is 1. The van der Waals surface area contributed by atoms with Gasteiger partial charge in [-0.1, -0.05) is 0 Å². The Kier molecular flexibility index (Phi) is 4.54. The Morgan fingerprint density at radius 1 is 1.45 bits per heavy atom. The van der Waals surface area contributed by atoms with E-state index in [0.29, 0.717) is 5.69 Å². The van der Waals surface area contributed by atoms with Gasteiger partial charge in [-0.2, -0.15) is 0 Å². The van der Waals surface area contributed by atoms with Gasteiger partial charge in [-0.25, -0.2) is 0 Å². The van der Waals surface area contributed by atoms with Crippen LogP contribution in [0.15, 0.2) is 23.1 Å². The van der Waals surface area contributed by atoms with E-state index in [0.717, 1.165) is 10.6 Å². The molecule has 0 radical (unpaired) electrons. The van der Waals surface area contributed by atoms with Crippen LogP contribution in [-0.4, -0.2) is 7.11 Å². The first-order chi connectivity index (χ1) is 4.74. The van der Waals surface area contributed by atoms with Gasteiger partial charge in [0.05, 0.1) is 7.11 Å². The van der Waals surface area contributed by atoms with Crippen molar-refractivity contribution in [2.45, 2.75) is 4.90 Å². The maximum absolute atomic E-state index is 5.54. The smallest absolute Gasteiger partial charge is 0.497 e. The molecule has 1 aromatic rings. The van der Waals surface area contributed by atoms with Gasteiger partial charge < -0.3 is 10.5 Å². The van der Waals surface area contributed by atoms with E-state index in [2.05, 4.69) is 12.6 Å². The minimum absolute atomic E-state index is 0. The van der Waals surface area contributed by atoms with Crippen molar-refractivity contribution >= 4 is 18.3 Å². The number of thiol groups is 1. The van der Waals surface area contributed by atoms with Gasteiger partial charge in [0.15, 0.2) is 0 Å². The molecule has 11 heavy (non-hydrogen) atoms. The number of hydrogen-bond donors (Lipinski definition) is 2. The van der Waals surface area contributed by atoms with Crippen LogP contribution in [0.5, 0.6) is 5.75 Å². The first-order valence-corrected chi connectivity index (χ1v) is 3.31. The zero-order valence-corrected chi connectivity index (χ0v) is 10.2. The summed E-state index contributed by atoms with van der Waals surface area (Å²) in [6, 6.07) is 5.36. The van der Waals surface area contributed by atoms with Crippen LogP contribution in [0.2, 0.25) is 0 Å². The second kappa shape index (κ2) is 4.63. The third-order valence-corrected chi connectivity index (χ3v) is 1.64. The van der Waals surface area contributed by atoms with Crippen LogP contribution in [0.3, 0.4) is 0 Å². The molecule has 1 aromatic carbocycles. The van der Waals surface area contributed by atoms with Crippen LogP contribution in [0, 0.1) is 0 Å². The molecule has 1 rings (SSSR count). The quantitative estimate of drug-likeness (QED) is 0.428. The van der Waals surface area contributed by atoms with Crippen molar-refractivity contribution in [1.29, 1.82) is 0 Å². The molecule has 0 aliphatic carbocycles. The summed E-state index contributed by atoms with van der Waals surface area (Å²) >= 11 is 4.10. The first kappa shape index (κ1) is 10.8. The van der Waals surface area contributed by atoms with Crippen molar-refractivity contribution in [3.8, 4) is 5.75 Å². The number of nitrogen functional groups attached to an aromatic ring is 1. The molecule has 0 bridgehead atoms. The van der Waals surface area contributed by atoms with Gasteiger partial charge in [0, 0.05) is 16.6 Å². The maximum Gasteiger partial charge on any atom is 2.00 e. The summed E-state index contributed by atoms with van der Waals surface area (Å²) in [5, 5.41) is 0. The van der Waals surface area contributed by atoms with Crippen LogP contribution >= 0.6 is 12.6 Å². The molecule has 0 saturated heterocycles. The zero-order valence-electron chi connectivity index (χ0n) is 6.37. The van der Waals surface area contributed by atoms with Crippen molar-refractivity contribution in [2.24, 2.45) is 0 Å². The topological polar surface area (TPSA) is 35.2 Å². The molecule has 2 nitrogen and oxygen atoms in total. The van der Waals surface area contributed by atoms with Crippen LogP contribution in [0.1, 0.15) is 0 Å². The standard InChI is InChI=1S/C7H9NOS.Zn/c1-9-5-2-3-7(10)6(8)4-5;/h2-4,10H,8H2,1H3;/q;+2. The molecule has 0 atom stereocenters. The van der Waals surface area contributed by atoms with Gasteiger partial charge >= 0.3 is 19.5 Å². The number of nitrogens with two attached hydrogens (primary N) is 1. The molecule has 4 heteroatoms. The average Bonchev–Trinajstić information content (AvgIpc) is 1.95. The molecule has 0 aliphatic rings. The van der Waals surface area contributed by atoms with E-state index in [1.165, 1.54) is 0 Å². The minimum Gasteiger partial charge on any atom is -0.497 e. The van der Waals surface area contributed by atoms with E-state index in [4.69, 9.17) is 10.5 Å². The fraction of sp³-hybridized carbons (Fsp3) is 0.143. The van der Waals surface area contributed by atoms with E-state index in [9.17, 15) is 0 Å². The summed E-state index contributed by atoms with van der Waals surface area (Å²) in [5.41, 5.74) is 6.18. The van der Waals surface area contributed by atoms with E-state index in [1.54, 1.807) is 19.2 Å². The molecule has 2 N–H and O–H groups in total. The predicted octanol–water partition coefficient (Wildman–Crippen LogP) is 1.56. The Labute approximate surface area is 84.3 Å². The van der Waals surface area contributed by atoms with E-state index >= 15 is 0 Å². The van der Waals surface area contributed by atoms with Crippen molar-refractivity contribution in [3.63, 3.8) is 0 Å². The normalized spacial score (nSPS) is 8.55. The Hall–Kier alpha value is -0.207. The number of rotatable bonds is 1. The molecular formula is C7H9NOSZn+2. The summed E-state index contributed by atoms with van der Waals surface area (Å²) in [6.07, 6.45) is 0. The Balaban J connectivity index is 0.000001000. The molecule has 0 heterocycles. The van der Waals surface area contributed by atoms with Gasteiger partial charge in [0.1, 0.15) is 5.75 Å². The fourth-order valence-electron chi connectivity index (χ4n) is 0.660. The molecule has 0 aliphatic heterocycles. The number of anilines is 1. The third kappa shape index (κ3) is 2.72. The van der Waals surface area contributed by atoms with Gasteiger partial charge in [-0.3, -0.25) is 0 Å². The Morgan fingerprint density at radius 3 is 2.55 bits per heavy atom. The molecule has 0 spiro atoms. The largest absolute Gasteiger partial charge is 2.00 e. The Bertz CT molecular complexity index is 242. The summed E-state index contributed by atoms with van der Waals surface area (Å²) in [7, 11) is 1.60. The summed E-state index contributed by atoms with van der Waals surface area (Å²) in [5.74, 6) is 0.760. The number of methoxy groups -OCH3 is 1. The second-order valence-electron chi connectivity index (χ2n) is 1.92. The molecule has 0 aromatic heterocycles. The molecule has 0 saturated carbocycles. The molecular weight excluding hydrogens is 212 g/mol.